The highest BCUT2D eigenvalue weighted by Crippen LogP contribution is 2.25. The Kier molecular flexibility index (Phi) is 10.0. The Morgan fingerprint density at radius 2 is 1.50 bits per heavy atom. The molecular formula is C31H33N5O4. The van der Waals surface area contributed by atoms with Crippen LogP contribution >= 0.6 is 0 Å². The number of carbonyl (C=O) groups excluding carboxylic acids is 2. The maximum atomic E-state index is 12.4. The number of ether oxygens (including phenoxy) is 2. The van der Waals surface area contributed by atoms with Crippen LogP contribution in [0.5, 0.6) is 11.5 Å². The number of nitrogens with zero attached hydrogens (tertiary/aromatic N) is 3. The minimum absolute atomic E-state index is 0.223. The van der Waals surface area contributed by atoms with Crippen LogP contribution in [-0.2, 0) is 4.79 Å². The lowest BCUT2D eigenvalue weighted by Gasteiger charge is -2.07. The lowest BCUT2D eigenvalue weighted by atomic mass is 10.1. The van der Waals surface area contributed by atoms with Crippen molar-refractivity contribution in [3.63, 3.8) is 0 Å². The quantitative estimate of drug-likeness (QED) is 0.184. The first-order valence-corrected chi connectivity index (χ1v) is 13.3. The molecule has 40 heavy (non-hydrogen) atoms. The van der Waals surface area contributed by atoms with E-state index in [9.17, 15) is 9.59 Å². The van der Waals surface area contributed by atoms with Gasteiger partial charge in [0.25, 0.3) is 11.8 Å². The van der Waals surface area contributed by atoms with Crippen LogP contribution in [0.25, 0.3) is 16.9 Å². The zero-order valence-corrected chi connectivity index (χ0v) is 22.7. The summed E-state index contributed by atoms with van der Waals surface area (Å²) in [7, 11) is 0. The second-order valence-electron chi connectivity index (χ2n) is 8.93. The third kappa shape index (κ3) is 7.80. The predicted octanol–water partition coefficient (Wildman–Crippen LogP) is 5.00. The number of rotatable bonds is 13. The van der Waals surface area contributed by atoms with Gasteiger partial charge in [0.1, 0.15) is 17.2 Å². The van der Waals surface area contributed by atoms with E-state index >= 15 is 0 Å². The monoisotopic (exact) mass is 539 g/mol. The second kappa shape index (κ2) is 14.3. The maximum absolute atomic E-state index is 12.4. The molecule has 0 radical (unpaired) electrons. The van der Waals surface area contributed by atoms with Gasteiger partial charge in [-0.15, -0.1) is 0 Å². The molecule has 1 heterocycles. The van der Waals surface area contributed by atoms with E-state index in [0.29, 0.717) is 35.8 Å². The summed E-state index contributed by atoms with van der Waals surface area (Å²) in [5, 5.41) is 11.5. The van der Waals surface area contributed by atoms with Crippen molar-refractivity contribution in [2.75, 3.05) is 19.8 Å². The summed E-state index contributed by atoms with van der Waals surface area (Å²) in [6.45, 7) is 5.13. The van der Waals surface area contributed by atoms with Crippen molar-refractivity contribution in [3.8, 4) is 28.4 Å². The average Bonchev–Trinajstić information content (AvgIpc) is 3.43. The van der Waals surface area contributed by atoms with Gasteiger partial charge in [-0.05, 0) is 73.5 Å². The van der Waals surface area contributed by atoms with Gasteiger partial charge in [-0.25, -0.2) is 10.1 Å². The largest absolute Gasteiger partial charge is 0.494 e. The molecular weight excluding hydrogens is 506 g/mol. The summed E-state index contributed by atoms with van der Waals surface area (Å²) in [4.78, 5) is 24.8. The highest BCUT2D eigenvalue weighted by atomic mass is 16.5. The molecule has 0 aliphatic rings. The molecule has 206 valence electrons. The predicted molar refractivity (Wildman–Crippen MR) is 155 cm³/mol. The summed E-state index contributed by atoms with van der Waals surface area (Å²) in [5.41, 5.74) is 6.08. The molecule has 0 fully saturated rings. The number of hydrogen-bond acceptors (Lipinski definition) is 6. The van der Waals surface area contributed by atoms with E-state index in [-0.39, 0.29) is 12.5 Å². The van der Waals surface area contributed by atoms with Crippen LogP contribution < -0.4 is 20.2 Å². The normalized spacial score (nSPS) is 10.8. The van der Waals surface area contributed by atoms with Crippen molar-refractivity contribution in [1.82, 2.24) is 20.5 Å². The Morgan fingerprint density at radius 1 is 0.875 bits per heavy atom. The molecule has 3 aromatic carbocycles. The molecule has 0 atom stereocenters. The third-order valence-corrected chi connectivity index (χ3v) is 5.76. The van der Waals surface area contributed by atoms with Crippen LogP contribution in [0, 0.1) is 0 Å². The molecule has 4 aromatic rings. The van der Waals surface area contributed by atoms with Gasteiger partial charge in [0, 0.05) is 22.9 Å². The third-order valence-electron chi connectivity index (χ3n) is 5.76. The van der Waals surface area contributed by atoms with Gasteiger partial charge in [-0.1, -0.05) is 32.0 Å². The number of hydrogen-bond donors (Lipinski definition) is 2. The topological polar surface area (TPSA) is 107 Å². The summed E-state index contributed by atoms with van der Waals surface area (Å²) in [5.74, 6) is 0.667. The number of para-hydroxylation sites is 1. The number of nitrogens with one attached hydrogen (secondary N) is 2. The Balaban J connectivity index is 1.40. The first kappa shape index (κ1) is 28.1. The highest BCUT2D eigenvalue weighted by molar-refractivity contribution is 5.96. The van der Waals surface area contributed by atoms with Gasteiger partial charge in [-0.2, -0.15) is 10.2 Å². The molecule has 9 heteroatoms. The molecule has 0 saturated heterocycles. The molecule has 4 rings (SSSR count). The zero-order valence-electron chi connectivity index (χ0n) is 22.7. The van der Waals surface area contributed by atoms with E-state index in [1.54, 1.807) is 28.9 Å². The first-order chi connectivity index (χ1) is 19.6. The Labute approximate surface area is 233 Å². The summed E-state index contributed by atoms with van der Waals surface area (Å²) < 4.78 is 13.0. The molecule has 9 nitrogen and oxygen atoms in total. The van der Waals surface area contributed by atoms with E-state index in [4.69, 9.17) is 14.6 Å². The highest BCUT2D eigenvalue weighted by Gasteiger charge is 2.12. The van der Waals surface area contributed by atoms with E-state index in [2.05, 4.69) is 22.8 Å². The van der Waals surface area contributed by atoms with E-state index in [1.165, 1.54) is 6.21 Å². The van der Waals surface area contributed by atoms with Crippen LogP contribution in [0.2, 0.25) is 0 Å². The smallest absolute Gasteiger partial charge is 0.259 e. The van der Waals surface area contributed by atoms with Crippen molar-refractivity contribution in [1.29, 1.82) is 0 Å². The van der Waals surface area contributed by atoms with Crippen LogP contribution in [0.4, 0.5) is 0 Å². The number of benzene rings is 3. The lowest BCUT2D eigenvalue weighted by molar-refractivity contribution is -0.120. The van der Waals surface area contributed by atoms with Gasteiger partial charge in [0.05, 0.1) is 31.7 Å². The Morgan fingerprint density at radius 3 is 2.12 bits per heavy atom. The van der Waals surface area contributed by atoms with E-state index in [0.717, 1.165) is 29.8 Å². The molecule has 2 amide bonds. The van der Waals surface area contributed by atoms with Crippen LogP contribution in [-0.4, -0.2) is 47.6 Å². The summed E-state index contributed by atoms with van der Waals surface area (Å²) >= 11 is 0. The SMILES string of the molecule is CCCOc1ccc(C(=O)NCC(=O)NN=Cc2cn(-c3ccccc3)nc2-c2ccc(OCCC)cc2)cc1. The first-order valence-electron chi connectivity index (χ1n) is 13.3. The van der Waals surface area contributed by atoms with Gasteiger partial charge in [0.15, 0.2) is 0 Å². The Hall–Kier alpha value is -4.92. The maximum Gasteiger partial charge on any atom is 0.259 e. The molecule has 0 spiro atoms. The average molecular weight is 540 g/mol. The van der Waals surface area contributed by atoms with Gasteiger partial charge < -0.3 is 14.8 Å². The number of aromatic nitrogens is 2. The fourth-order valence-electron chi connectivity index (χ4n) is 3.75. The molecule has 0 bridgehead atoms. The van der Waals surface area contributed by atoms with E-state index < -0.39 is 5.91 Å². The summed E-state index contributed by atoms with van der Waals surface area (Å²) in [6.07, 6.45) is 5.22. The minimum atomic E-state index is -0.457. The van der Waals surface area contributed by atoms with Crippen molar-refractivity contribution < 1.29 is 19.1 Å². The van der Waals surface area contributed by atoms with Crippen molar-refractivity contribution in [3.05, 3.63) is 96.2 Å². The fraction of sp³-hybridized carbons (Fsp3) is 0.226. The number of amides is 2. The number of hydrazone groups is 1. The van der Waals surface area contributed by atoms with Crippen molar-refractivity contribution in [2.24, 2.45) is 5.10 Å². The van der Waals surface area contributed by atoms with Gasteiger partial charge in [-0.3, -0.25) is 9.59 Å². The second-order valence-corrected chi connectivity index (χ2v) is 8.93. The van der Waals surface area contributed by atoms with Crippen molar-refractivity contribution in [2.45, 2.75) is 26.7 Å². The number of carbonyl (C=O) groups is 2. The van der Waals surface area contributed by atoms with Crippen LogP contribution in [0.3, 0.4) is 0 Å². The molecule has 0 aliphatic carbocycles. The van der Waals surface area contributed by atoms with Gasteiger partial charge >= 0.3 is 0 Å². The minimum Gasteiger partial charge on any atom is -0.494 e. The zero-order chi connectivity index (χ0) is 28.2. The van der Waals surface area contributed by atoms with Crippen LogP contribution in [0.15, 0.2) is 90.2 Å². The molecule has 0 unspecified atom stereocenters. The fourth-order valence-corrected chi connectivity index (χ4v) is 3.75. The molecule has 0 saturated carbocycles. The van der Waals surface area contributed by atoms with E-state index in [1.807, 2.05) is 67.7 Å². The van der Waals surface area contributed by atoms with Gasteiger partial charge in [0.2, 0.25) is 0 Å². The molecule has 1 aromatic heterocycles. The molecule has 0 aliphatic heterocycles. The Bertz CT molecular complexity index is 1410. The van der Waals surface area contributed by atoms with Crippen LogP contribution in [0.1, 0.15) is 42.6 Å². The lowest BCUT2D eigenvalue weighted by Crippen LogP contribution is -2.34. The molecule has 2 N–H and O–H groups in total. The summed E-state index contributed by atoms with van der Waals surface area (Å²) in [6, 6.07) is 24.2. The van der Waals surface area contributed by atoms with Crippen molar-refractivity contribution >= 4 is 18.0 Å². The standard InChI is InChI=1S/C31H33N5O4/c1-3-18-39-27-14-10-23(11-15-27)30-25(22-36(35-30)26-8-6-5-7-9-26)20-33-34-29(37)21-32-31(38)24-12-16-28(17-13-24)40-19-4-2/h5-17,20,22H,3-4,18-19,21H2,1-2H3,(H,32,38)(H,34,37).